The third kappa shape index (κ3) is 5.03. The minimum atomic E-state index is -0.762. The number of likely N-dealkylation sites (N-methyl/N-ethyl adjacent to an activating group) is 1. The van der Waals surface area contributed by atoms with Crippen molar-refractivity contribution in [2.45, 2.75) is 26.8 Å². The van der Waals surface area contributed by atoms with Crippen LogP contribution in [-0.2, 0) is 9.59 Å². The van der Waals surface area contributed by atoms with Crippen molar-refractivity contribution in [3.05, 3.63) is 68.7 Å². The van der Waals surface area contributed by atoms with Crippen molar-refractivity contribution < 1.29 is 19.4 Å². The molecular formula is C25H28Cl2N2O4. The number of rotatable bonds is 8. The zero-order valence-electron chi connectivity index (χ0n) is 19.2. The van der Waals surface area contributed by atoms with E-state index in [1.807, 2.05) is 20.8 Å². The predicted molar refractivity (Wildman–Crippen MR) is 131 cm³/mol. The first-order valence-electron chi connectivity index (χ1n) is 10.8. The van der Waals surface area contributed by atoms with Gasteiger partial charge in [-0.05, 0) is 55.4 Å². The number of ether oxygens (including phenoxy) is 1. The van der Waals surface area contributed by atoms with E-state index in [0.717, 1.165) is 18.7 Å². The third-order valence-corrected chi connectivity index (χ3v) is 6.46. The highest BCUT2D eigenvalue weighted by molar-refractivity contribution is 6.46. The molecule has 0 radical (unpaired) electrons. The average Bonchev–Trinajstić information content (AvgIpc) is 3.04. The molecular weight excluding hydrogens is 463 g/mol. The Morgan fingerprint density at radius 2 is 1.76 bits per heavy atom. The number of likely N-dealkylation sites (tertiary alicyclic amines) is 1. The Bertz CT molecular complexity index is 1080. The predicted octanol–water partition coefficient (Wildman–Crippen LogP) is 5.07. The Hall–Kier alpha value is -2.54. The number of amides is 1. The van der Waals surface area contributed by atoms with Gasteiger partial charge >= 0.3 is 0 Å². The van der Waals surface area contributed by atoms with E-state index in [1.165, 1.54) is 12.0 Å². The van der Waals surface area contributed by atoms with Crippen LogP contribution in [0, 0.1) is 6.92 Å². The van der Waals surface area contributed by atoms with E-state index in [1.54, 1.807) is 36.4 Å². The lowest BCUT2D eigenvalue weighted by atomic mass is 9.94. The minimum Gasteiger partial charge on any atom is -0.507 e. The van der Waals surface area contributed by atoms with Gasteiger partial charge in [-0.2, -0.15) is 0 Å². The molecule has 1 aliphatic heterocycles. The molecule has 0 aromatic heterocycles. The van der Waals surface area contributed by atoms with Crippen molar-refractivity contribution in [2.24, 2.45) is 0 Å². The molecule has 1 fully saturated rings. The third-order valence-electron chi connectivity index (χ3n) is 5.92. The van der Waals surface area contributed by atoms with Gasteiger partial charge in [-0.15, -0.1) is 0 Å². The highest BCUT2D eigenvalue weighted by Gasteiger charge is 2.46. The number of methoxy groups -OCH3 is 1. The van der Waals surface area contributed by atoms with Gasteiger partial charge < -0.3 is 19.6 Å². The van der Waals surface area contributed by atoms with Crippen LogP contribution in [0.15, 0.2) is 42.0 Å². The summed E-state index contributed by atoms with van der Waals surface area (Å²) in [6, 6.07) is 9.55. The Morgan fingerprint density at radius 1 is 1.12 bits per heavy atom. The van der Waals surface area contributed by atoms with E-state index in [-0.39, 0.29) is 22.6 Å². The number of aryl methyl sites for hydroxylation is 1. The zero-order valence-corrected chi connectivity index (χ0v) is 20.7. The fraction of sp³-hybridized carbons (Fsp3) is 0.360. The van der Waals surface area contributed by atoms with E-state index in [0.29, 0.717) is 28.7 Å². The molecule has 0 aliphatic carbocycles. The van der Waals surface area contributed by atoms with Crippen molar-refractivity contribution in [3.63, 3.8) is 0 Å². The second-order valence-corrected chi connectivity index (χ2v) is 8.74. The van der Waals surface area contributed by atoms with E-state index in [9.17, 15) is 14.7 Å². The van der Waals surface area contributed by atoms with Crippen molar-refractivity contribution in [1.29, 1.82) is 0 Å². The number of nitrogens with zero attached hydrogens (tertiary/aromatic N) is 2. The summed E-state index contributed by atoms with van der Waals surface area (Å²) in [5, 5.41) is 12.2. The molecule has 3 rings (SSSR count). The lowest BCUT2D eigenvalue weighted by Crippen LogP contribution is -2.38. The maximum atomic E-state index is 13.2. The number of carbonyl (C=O) groups is 2. The molecule has 176 valence electrons. The van der Waals surface area contributed by atoms with Gasteiger partial charge in [-0.25, -0.2) is 0 Å². The van der Waals surface area contributed by atoms with E-state index >= 15 is 0 Å². The summed E-state index contributed by atoms with van der Waals surface area (Å²) in [6.07, 6.45) is 0. The van der Waals surface area contributed by atoms with Gasteiger partial charge in [0.25, 0.3) is 11.7 Å². The average molecular weight is 491 g/mol. The van der Waals surface area contributed by atoms with Crippen LogP contribution in [-0.4, -0.2) is 59.9 Å². The van der Waals surface area contributed by atoms with Crippen LogP contribution in [0.25, 0.3) is 5.76 Å². The maximum absolute atomic E-state index is 13.2. The topological polar surface area (TPSA) is 70.1 Å². The molecule has 2 aromatic carbocycles. The lowest BCUT2D eigenvalue weighted by Gasteiger charge is -2.28. The van der Waals surface area contributed by atoms with Crippen LogP contribution in [0.5, 0.6) is 5.75 Å². The number of ketones is 1. The lowest BCUT2D eigenvalue weighted by molar-refractivity contribution is -0.140. The van der Waals surface area contributed by atoms with Gasteiger partial charge in [0.15, 0.2) is 0 Å². The number of benzene rings is 2. The van der Waals surface area contributed by atoms with Crippen molar-refractivity contribution >= 4 is 40.7 Å². The van der Waals surface area contributed by atoms with Gasteiger partial charge in [-0.1, -0.05) is 49.2 Å². The summed E-state index contributed by atoms with van der Waals surface area (Å²) in [7, 11) is 1.44. The first-order chi connectivity index (χ1) is 15.7. The van der Waals surface area contributed by atoms with Crippen LogP contribution < -0.4 is 4.74 Å². The monoisotopic (exact) mass is 490 g/mol. The Balaban J connectivity index is 2.19. The van der Waals surface area contributed by atoms with Gasteiger partial charge in [0, 0.05) is 18.1 Å². The smallest absolute Gasteiger partial charge is 0.295 e. The van der Waals surface area contributed by atoms with E-state index in [4.69, 9.17) is 27.9 Å². The van der Waals surface area contributed by atoms with Crippen LogP contribution in [0.3, 0.4) is 0 Å². The van der Waals surface area contributed by atoms with E-state index in [2.05, 4.69) is 4.90 Å². The minimum absolute atomic E-state index is 0.00170. The Morgan fingerprint density at radius 3 is 2.33 bits per heavy atom. The first-order valence-corrected chi connectivity index (χ1v) is 11.6. The fourth-order valence-corrected chi connectivity index (χ4v) is 4.63. The number of hydrogen-bond donors (Lipinski definition) is 1. The standard InChI is InChI=1S/C25H28Cl2N2O4/c1-5-28(6-2)11-12-29-21(16-7-9-17(26)10-8-16)20(23(31)25(29)32)22(30)18-13-15(3)14-19(27)24(18)33-4/h7-10,13-14,21,30H,5-6,11-12H2,1-4H3/b22-20+. The summed E-state index contributed by atoms with van der Waals surface area (Å²) in [5.74, 6) is -1.47. The Labute approximate surface area is 204 Å². The normalized spacial score (nSPS) is 17.8. The molecule has 1 amide bonds. The molecule has 1 unspecified atom stereocenters. The molecule has 1 N–H and O–H groups in total. The number of hydrogen-bond acceptors (Lipinski definition) is 5. The van der Waals surface area contributed by atoms with Crippen LogP contribution >= 0.6 is 23.2 Å². The number of aliphatic hydroxyl groups excluding tert-OH is 1. The van der Waals surface area contributed by atoms with Crippen molar-refractivity contribution in [1.82, 2.24) is 9.80 Å². The van der Waals surface area contributed by atoms with Gasteiger partial charge in [0.2, 0.25) is 0 Å². The summed E-state index contributed by atoms with van der Waals surface area (Å²) < 4.78 is 5.41. The number of halogens is 2. The van der Waals surface area contributed by atoms with Gasteiger partial charge in [0.1, 0.15) is 11.5 Å². The van der Waals surface area contributed by atoms with Crippen LogP contribution in [0.1, 0.15) is 36.6 Å². The second kappa shape index (κ2) is 10.6. The number of Topliss-reactive ketones (excluding diaryl/α,β-unsaturated/α-hetero) is 1. The second-order valence-electron chi connectivity index (χ2n) is 7.90. The molecule has 0 spiro atoms. The summed E-state index contributed by atoms with van der Waals surface area (Å²) >= 11 is 12.4. The van der Waals surface area contributed by atoms with Crippen LogP contribution in [0.4, 0.5) is 0 Å². The summed E-state index contributed by atoms with van der Waals surface area (Å²) in [4.78, 5) is 30.0. The molecule has 8 heteroatoms. The molecule has 0 saturated carbocycles. The van der Waals surface area contributed by atoms with Crippen molar-refractivity contribution in [3.8, 4) is 5.75 Å². The quantitative estimate of drug-likeness (QED) is 0.317. The highest BCUT2D eigenvalue weighted by atomic mass is 35.5. The molecule has 2 aromatic rings. The highest BCUT2D eigenvalue weighted by Crippen LogP contribution is 2.42. The van der Waals surface area contributed by atoms with Crippen LogP contribution in [0.2, 0.25) is 10.0 Å². The summed E-state index contributed by atoms with van der Waals surface area (Å²) in [5.41, 5.74) is 1.73. The molecule has 1 aliphatic rings. The summed E-state index contributed by atoms with van der Waals surface area (Å²) in [6.45, 7) is 8.49. The molecule has 1 heterocycles. The Kier molecular flexibility index (Phi) is 8.05. The maximum Gasteiger partial charge on any atom is 0.295 e. The number of aliphatic hydroxyl groups is 1. The molecule has 0 bridgehead atoms. The molecule has 1 saturated heterocycles. The largest absolute Gasteiger partial charge is 0.507 e. The van der Waals surface area contributed by atoms with E-state index < -0.39 is 17.7 Å². The van der Waals surface area contributed by atoms with Gasteiger partial charge in [-0.3, -0.25) is 9.59 Å². The molecule has 33 heavy (non-hydrogen) atoms. The van der Waals surface area contributed by atoms with Gasteiger partial charge in [0.05, 0.1) is 29.3 Å². The SMILES string of the molecule is CCN(CC)CCN1C(=O)C(=O)/C(=C(/O)c2cc(C)cc(Cl)c2OC)C1c1ccc(Cl)cc1. The first kappa shape index (κ1) is 25.1. The number of carbonyl (C=O) groups excluding carboxylic acids is 2. The fourth-order valence-electron chi connectivity index (χ4n) is 4.15. The zero-order chi connectivity index (χ0) is 24.3. The van der Waals surface area contributed by atoms with Crippen molar-refractivity contribution in [2.75, 3.05) is 33.3 Å². The molecule has 1 atom stereocenters. The molecule has 6 nitrogen and oxygen atoms in total.